The fraction of sp³-hybridized carbons (Fsp3) is 0. The maximum absolute atomic E-state index is 5.34. The highest BCUT2D eigenvalue weighted by molar-refractivity contribution is 7.26. The van der Waals surface area contributed by atoms with Gasteiger partial charge in [0.2, 0.25) is 0 Å². The zero-order chi connectivity index (χ0) is 30.9. The number of thiophene rings is 1. The molecule has 0 saturated carbocycles. The van der Waals surface area contributed by atoms with Crippen LogP contribution in [0, 0.1) is 0 Å². The van der Waals surface area contributed by atoms with Crippen LogP contribution in [-0.4, -0.2) is 4.98 Å². The third-order valence-corrected chi connectivity index (χ3v) is 10.8. The molecule has 0 aliphatic heterocycles. The van der Waals surface area contributed by atoms with E-state index in [0.29, 0.717) is 0 Å². The van der Waals surface area contributed by atoms with E-state index in [1.54, 1.807) is 0 Å². The highest BCUT2D eigenvalue weighted by Crippen LogP contribution is 2.44. The van der Waals surface area contributed by atoms with E-state index < -0.39 is 0 Å². The van der Waals surface area contributed by atoms with Crippen LogP contribution in [0.2, 0.25) is 0 Å². The molecule has 0 unspecified atom stereocenters. The molecule has 0 saturated heterocycles. The minimum absolute atomic E-state index is 1.02. The lowest BCUT2D eigenvalue weighted by Crippen LogP contribution is -1.91. The average Bonchev–Trinajstić information content (AvgIpc) is 3.53. The first kappa shape index (κ1) is 26.4. The fourth-order valence-corrected chi connectivity index (χ4v) is 8.50. The number of hydrogen-bond donors (Lipinski definition) is 0. The van der Waals surface area contributed by atoms with Crippen LogP contribution in [0.1, 0.15) is 0 Å². The van der Waals surface area contributed by atoms with Crippen LogP contribution in [0.5, 0.6) is 0 Å². The van der Waals surface area contributed by atoms with Gasteiger partial charge in [-0.05, 0) is 85.6 Å². The van der Waals surface area contributed by atoms with Crippen molar-refractivity contribution in [3.8, 4) is 33.5 Å². The molecule has 0 bridgehead atoms. The van der Waals surface area contributed by atoms with Gasteiger partial charge in [0.05, 0.1) is 11.2 Å². The van der Waals surface area contributed by atoms with Gasteiger partial charge in [0, 0.05) is 36.5 Å². The largest absolute Gasteiger partial charge is 0.247 e. The van der Waals surface area contributed by atoms with E-state index in [1.165, 1.54) is 80.1 Å². The number of aromatic nitrogens is 1. The Kier molecular flexibility index (Phi) is 5.81. The summed E-state index contributed by atoms with van der Waals surface area (Å²) in [5.41, 5.74) is 8.07. The van der Waals surface area contributed by atoms with E-state index in [4.69, 9.17) is 4.98 Å². The van der Waals surface area contributed by atoms with Crippen LogP contribution in [0.15, 0.2) is 164 Å². The summed E-state index contributed by atoms with van der Waals surface area (Å²) in [6.07, 6.45) is 0. The lowest BCUT2D eigenvalue weighted by atomic mass is 9.94. The first-order chi connectivity index (χ1) is 23.3. The third kappa shape index (κ3) is 4.26. The molecule has 8 aromatic carbocycles. The molecule has 0 fully saturated rings. The molecule has 1 nitrogen and oxygen atoms in total. The normalized spacial score (nSPS) is 11.8. The fourth-order valence-electron chi connectivity index (χ4n) is 7.25. The van der Waals surface area contributed by atoms with E-state index in [9.17, 15) is 0 Å². The Morgan fingerprint density at radius 2 is 0.936 bits per heavy atom. The Bertz CT molecular complexity index is 2860. The maximum atomic E-state index is 5.34. The van der Waals surface area contributed by atoms with Crippen LogP contribution < -0.4 is 0 Å². The number of rotatable bonds is 3. The Labute approximate surface area is 276 Å². The second-order valence-corrected chi connectivity index (χ2v) is 13.4. The molecular formula is C45H27NS. The first-order valence-electron chi connectivity index (χ1n) is 16.0. The number of nitrogens with zero attached hydrogens (tertiary/aromatic N) is 1. The lowest BCUT2D eigenvalue weighted by molar-refractivity contribution is 1.43. The van der Waals surface area contributed by atoms with Gasteiger partial charge in [-0.15, -0.1) is 11.3 Å². The third-order valence-electron chi connectivity index (χ3n) is 9.60. The molecule has 10 rings (SSSR count). The van der Waals surface area contributed by atoms with Crippen LogP contribution >= 0.6 is 11.3 Å². The maximum Gasteiger partial charge on any atom is 0.0802 e. The van der Waals surface area contributed by atoms with E-state index in [-0.39, 0.29) is 0 Å². The molecule has 0 N–H and O–H groups in total. The van der Waals surface area contributed by atoms with Crippen molar-refractivity contribution in [1.29, 1.82) is 0 Å². The van der Waals surface area contributed by atoms with Crippen molar-refractivity contribution in [2.24, 2.45) is 0 Å². The van der Waals surface area contributed by atoms with E-state index in [2.05, 4.69) is 164 Å². The Morgan fingerprint density at radius 3 is 1.72 bits per heavy atom. The molecule has 0 radical (unpaired) electrons. The molecule has 0 aliphatic carbocycles. The summed E-state index contributed by atoms with van der Waals surface area (Å²) in [7, 11) is 0. The van der Waals surface area contributed by atoms with E-state index in [0.717, 1.165) is 16.8 Å². The van der Waals surface area contributed by atoms with E-state index in [1.807, 2.05) is 11.3 Å². The van der Waals surface area contributed by atoms with Gasteiger partial charge in [-0.25, -0.2) is 4.98 Å². The van der Waals surface area contributed by atoms with Crippen LogP contribution in [-0.2, 0) is 0 Å². The standard InChI is InChI=1S/C45H27NS/c1-2-9-29-24-32(17-16-28(29)8-1)34-21-20-33-25-31(18-19-35(33)26-34)30-10-7-11-36(27-30)44-43-39(37-12-3-5-14-41(37)46-44)22-23-40-38-13-4-6-15-42(38)47-45(40)43/h1-27H. The minimum atomic E-state index is 1.02. The summed E-state index contributed by atoms with van der Waals surface area (Å²) in [6, 6.07) is 59.6. The molecule has 0 aliphatic rings. The first-order valence-corrected chi connectivity index (χ1v) is 16.9. The van der Waals surface area contributed by atoms with Gasteiger partial charge in [-0.3, -0.25) is 0 Å². The molecule has 218 valence electrons. The molecule has 0 amide bonds. The summed E-state index contributed by atoms with van der Waals surface area (Å²) in [4.78, 5) is 5.34. The molecule has 47 heavy (non-hydrogen) atoms. The number of pyridine rings is 1. The quantitative estimate of drug-likeness (QED) is 0.181. The minimum Gasteiger partial charge on any atom is -0.247 e. The summed E-state index contributed by atoms with van der Waals surface area (Å²) in [6.45, 7) is 0. The number of benzene rings is 8. The molecule has 0 spiro atoms. The smallest absolute Gasteiger partial charge is 0.0802 e. The Balaban J connectivity index is 1.11. The predicted molar refractivity (Wildman–Crippen MR) is 203 cm³/mol. The molecule has 2 aromatic heterocycles. The van der Waals surface area contributed by atoms with Crippen molar-refractivity contribution in [3.63, 3.8) is 0 Å². The lowest BCUT2D eigenvalue weighted by Gasteiger charge is -2.13. The SMILES string of the molecule is c1cc(-c2ccc3cc(-c4ccc5ccccc5c4)ccc3c2)cc(-c2nc3ccccc3c3ccc4c5ccccc5sc4c23)c1. The summed E-state index contributed by atoms with van der Waals surface area (Å²) < 4.78 is 2.61. The van der Waals surface area contributed by atoms with Crippen molar-refractivity contribution < 1.29 is 0 Å². The number of para-hydroxylation sites is 1. The summed E-state index contributed by atoms with van der Waals surface area (Å²) in [5, 5.41) is 11.3. The monoisotopic (exact) mass is 613 g/mol. The molecule has 0 atom stereocenters. The van der Waals surface area contributed by atoms with Crippen LogP contribution in [0.25, 0.3) is 96.9 Å². The Morgan fingerprint density at radius 1 is 0.362 bits per heavy atom. The van der Waals surface area contributed by atoms with Crippen molar-refractivity contribution in [1.82, 2.24) is 4.98 Å². The van der Waals surface area contributed by atoms with Crippen molar-refractivity contribution >= 4 is 74.7 Å². The molecular weight excluding hydrogens is 587 g/mol. The second kappa shape index (κ2) is 10.3. The Hall–Kier alpha value is -5.83. The van der Waals surface area contributed by atoms with E-state index >= 15 is 0 Å². The van der Waals surface area contributed by atoms with Gasteiger partial charge in [0.25, 0.3) is 0 Å². The molecule has 2 heteroatoms. The average molecular weight is 614 g/mol. The van der Waals surface area contributed by atoms with Crippen LogP contribution in [0.3, 0.4) is 0 Å². The van der Waals surface area contributed by atoms with Gasteiger partial charge in [-0.2, -0.15) is 0 Å². The van der Waals surface area contributed by atoms with Gasteiger partial charge in [-0.1, -0.05) is 127 Å². The number of fused-ring (bicyclic) bond motifs is 9. The molecule has 10 aromatic rings. The second-order valence-electron chi connectivity index (χ2n) is 12.4. The zero-order valence-corrected chi connectivity index (χ0v) is 26.3. The summed E-state index contributed by atoms with van der Waals surface area (Å²) >= 11 is 1.87. The van der Waals surface area contributed by atoms with Crippen molar-refractivity contribution in [2.75, 3.05) is 0 Å². The highest BCUT2D eigenvalue weighted by Gasteiger charge is 2.17. The van der Waals surface area contributed by atoms with Gasteiger partial charge in [0.1, 0.15) is 0 Å². The van der Waals surface area contributed by atoms with Gasteiger partial charge in [0.15, 0.2) is 0 Å². The zero-order valence-electron chi connectivity index (χ0n) is 25.4. The number of hydrogen-bond acceptors (Lipinski definition) is 2. The topological polar surface area (TPSA) is 12.9 Å². The van der Waals surface area contributed by atoms with Gasteiger partial charge >= 0.3 is 0 Å². The predicted octanol–water partition coefficient (Wildman–Crippen LogP) is 13.1. The van der Waals surface area contributed by atoms with Gasteiger partial charge < -0.3 is 0 Å². The summed E-state index contributed by atoms with van der Waals surface area (Å²) in [5.74, 6) is 0. The van der Waals surface area contributed by atoms with Crippen molar-refractivity contribution in [3.05, 3.63) is 164 Å². The highest BCUT2D eigenvalue weighted by atomic mass is 32.1. The van der Waals surface area contributed by atoms with Crippen LogP contribution in [0.4, 0.5) is 0 Å². The van der Waals surface area contributed by atoms with Crippen molar-refractivity contribution in [2.45, 2.75) is 0 Å². The molecule has 2 heterocycles.